The normalized spacial score (nSPS) is 12.0. The number of furan rings is 1. The minimum Gasteiger partial charge on any atom is -0.456 e. The molecule has 35 heavy (non-hydrogen) atoms. The van der Waals surface area contributed by atoms with Gasteiger partial charge in [-0.05, 0) is 59.2 Å². The Bertz CT molecular complexity index is 2050. The lowest BCUT2D eigenvalue weighted by molar-refractivity contribution is 0.669. The van der Waals surface area contributed by atoms with Crippen molar-refractivity contribution in [3.05, 3.63) is 115 Å². The topological polar surface area (TPSA) is 33.3 Å². The first-order chi connectivity index (χ1) is 17.3. The lowest BCUT2D eigenvalue weighted by Gasteiger charge is -2.04. The van der Waals surface area contributed by atoms with Crippen molar-refractivity contribution in [1.29, 1.82) is 0 Å². The Kier molecular flexibility index (Phi) is 3.66. The van der Waals surface area contributed by atoms with Gasteiger partial charge in [-0.25, -0.2) is 0 Å². The van der Waals surface area contributed by atoms with Crippen LogP contribution in [-0.4, -0.2) is 9.38 Å². The van der Waals surface area contributed by atoms with Crippen molar-refractivity contribution in [2.45, 2.75) is 0 Å². The van der Waals surface area contributed by atoms with Crippen LogP contribution in [0.25, 0.3) is 71.6 Å². The third-order valence-electron chi connectivity index (χ3n) is 7.15. The third kappa shape index (κ3) is 2.61. The fraction of sp³-hybridized carbons (Fsp3) is 0. The number of hydrogen-bond acceptors (Lipinski definition) is 1. The van der Waals surface area contributed by atoms with Gasteiger partial charge in [0.15, 0.2) is 0 Å². The zero-order valence-corrected chi connectivity index (χ0v) is 18.8. The summed E-state index contributed by atoms with van der Waals surface area (Å²) in [5.74, 6) is 0. The molecule has 0 aliphatic heterocycles. The number of para-hydroxylation sites is 1. The van der Waals surface area contributed by atoms with E-state index in [4.69, 9.17) is 4.42 Å². The fourth-order valence-electron chi connectivity index (χ4n) is 5.56. The number of rotatable bonds is 2. The largest absolute Gasteiger partial charge is 0.456 e. The van der Waals surface area contributed by atoms with Crippen LogP contribution in [0.2, 0.25) is 0 Å². The van der Waals surface area contributed by atoms with Crippen LogP contribution in [0.1, 0.15) is 0 Å². The summed E-state index contributed by atoms with van der Waals surface area (Å²) >= 11 is 0. The highest BCUT2D eigenvalue weighted by atomic mass is 16.3. The Morgan fingerprint density at radius 1 is 0.571 bits per heavy atom. The smallest absolute Gasteiger partial charge is 0.135 e. The SMILES string of the molecule is c1ccc(-c2c3[nH]c4ccc(-c5ccc6oc7ccccc7c6c5)cc4c3n3ccccc23)cc1. The maximum absolute atomic E-state index is 6.04. The van der Waals surface area contributed by atoms with Gasteiger partial charge in [-0.15, -0.1) is 0 Å². The number of pyridine rings is 1. The van der Waals surface area contributed by atoms with E-state index >= 15 is 0 Å². The van der Waals surface area contributed by atoms with Crippen molar-refractivity contribution in [2.24, 2.45) is 0 Å². The predicted octanol–water partition coefficient (Wildman–Crippen LogP) is 8.81. The quantitative estimate of drug-likeness (QED) is 0.282. The van der Waals surface area contributed by atoms with Gasteiger partial charge in [0.2, 0.25) is 0 Å². The van der Waals surface area contributed by atoms with Crippen LogP contribution >= 0.6 is 0 Å². The number of H-pyrrole nitrogens is 1. The van der Waals surface area contributed by atoms with Crippen LogP contribution < -0.4 is 0 Å². The van der Waals surface area contributed by atoms with E-state index in [1.54, 1.807) is 0 Å². The monoisotopic (exact) mass is 448 g/mol. The summed E-state index contributed by atoms with van der Waals surface area (Å²) in [5.41, 5.74) is 11.4. The van der Waals surface area contributed by atoms with Gasteiger partial charge in [0, 0.05) is 33.4 Å². The molecule has 0 aliphatic rings. The number of nitrogens with zero attached hydrogens (tertiary/aromatic N) is 1. The van der Waals surface area contributed by atoms with Gasteiger partial charge in [0.1, 0.15) is 11.2 Å². The zero-order valence-electron chi connectivity index (χ0n) is 18.8. The molecule has 8 rings (SSSR count). The second-order valence-electron chi connectivity index (χ2n) is 9.12. The highest BCUT2D eigenvalue weighted by molar-refractivity contribution is 6.16. The van der Waals surface area contributed by atoms with Crippen LogP contribution in [0.3, 0.4) is 0 Å². The van der Waals surface area contributed by atoms with Gasteiger partial charge in [0.05, 0.1) is 16.6 Å². The number of nitrogens with one attached hydrogen (secondary N) is 1. The van der Waals surface area contributed by atoms with Crippen molar-refractivity contribution in [2.75, 3.05) is 0 Å². The predicted molar refractivity (Wildman–Crippen MR) is 145 cm³/mol. The molecule has 0 fully saturated rings. The van der Waals surface area contributed by atoms with Crippen LogP contribution in [0.4, 0.5) is 0 Å². The Morgan fingerprint density at radius 2 is 1.31 bits per heavy atom. The molecule has 0 spiro atoms. The Morgan fingerprint density at radius 3 is 2.23 bits per heavy atom. The molecule has 0 aliphatic carbocycles. The van der Waals surface area contributed by atoms with E-state index in [0.717, 1.165) is 27.5 Å². The molecule has 1 N–H and O–H groups in total. The molecule has 0 unspecified atom stereocenters. The van der Waals surface area contributed by atoms with Crippen molar-refractivity contribution in [3.8, 4) is 22.3 Å². The average molecular weight is 449 g/mol. The summed E-state index contributed by atoms with van der Waals surface area (Å²) in [6.07, 6.45) is 2.16. The Labute approximate surface area is 200 Å². The van der Waals surface area contributed by atoms with E-state index in [1.807, 2.05) is 12.1 Å². The lowest BCUT2D eigenvalue weighted by Crippen LogP contribution is -1.84. The molecule has 4 aromatic heterocycles. The minimum atomic E-state index is 0.921. The molecule has 0 amide bonds. The van der Waals surface area contributed by atoms with E-state index in [0.29, 0.717) is 0 Å². The van der Waals surface area contributed by atoms with Crippen molar-refractivity contribution >= 4 is 49.4 Å². The molecule has 4 aromatic carbocycles. The molecule has 0 atom stereocenters. The minimum absolute atomic E-state index is 0.921. The number of benzene rings is 4. The molecule has 164 valence electrons. The van der Waals surface area contributed by atoms with Gasteiger partial charge in [-0.2, -0.15) is 0 Å². The highest BCUT2D eigenvalue weighted by Gasteiger charge is 2.18. The van der Waals surface area contributed by atoms with E-state index in [2.05, 4.69) is 113 Å². The first kappa shape index (κ1) is 18.6. The van der Waals surface area contributed by atoms with E-state index in [1.165, 1.54) is 44.2 Å². The number of hydrogen-bond donors (Lipinski definition) is 1. The number of aromatic nitrogens is 2. The summed E-state index contributed by atoms with van der Waals surface area (Å²) in [6, 6.07) is 38.5. The van der Waals surface area contributed by atoms with Gasteiger partial charge in [0.25, 0.3) is 0 Å². The summed E-state index contributed by atoms with van der Waals surface area (Å²) < 4.78 is 8.36. The number of fused-ring (bicyclic) bond motifs is 8. The Balaban J connectivity index is 1.41. The Hall–Kier alpha value is -4.76. The zero-order chi connectivity index (χ0) is 22.9. The van der Waals surface area contributed by atoms with E-state index < -0.39 is 0 Å². The van der Waals surface area contributed by atoms with Crippen LogP contribution in [-0.2, 0) is 0 Å². The van der Waals surface area contributed by atoms with Gasteiger partial charge < -0.3 is 13.8 Å². The summed E-state index contributed by atoms with van der Waals surface area (Å²) in [7, 11) is 0. The fourth-order valence-corrected chi connectivity index (χ4v) is 5.56. The second-order valence-corrected chi connectivity index (χ2v) is 9.12. The van der Waals surface area contributed by atoms with Crippen molar-refractivity contribution in [3.63, 3.8) is 0 Å². The van der Waals surface area contributed by atoms with Crippen LogP contribution in [0.15, 0.2) is 120 Å². The second kappa shape index (κ2) is 6.87. The van der Waals surface area contributed by atoms with Crippen LogP contribution in [0.5, 0.6) is 0 Å². The average Bonchev–Trinajstić information content (AvgIpc) is 3.57. The lowest BCUT2D eigenvalue weighted by atomic mass is 10.0. The molecular formula is C32H20N2O. The van der Waals surface area contributed by atoms with Crippen molar-refractivity contribution in [1.82, 2.24) is 9.38 Å². The molecular weight excluding hydrogens is 428 g/mol. The van der Waals surface area contributed by atoms with Crippen molar-refractivity contribution < 1.29 is 4.42 Å². The molecule has 3 heteroatoms. The molecule has 0 radical (unpaired) electrons. The molecule has 3 nitrogen and oxygen atoms in total. The van der Waals surface area contributed by atoms with Gasteiger partial charge in [-0.3, -0.25) is 0 Å². The summed E-state index contributed by atoms with van der Waals surface area (Å²) in [5, 5.41) is 3.52. The summed E-state index contributed by atoms with van der Waals surface area (Å²) in [4.78, 5) is 3.73. The van der Waals surface area contributed by atoms with E-state index in [9.17, 15) is 0 Å². The van der Waals surface area contributed by atoms with E-state index in [-0.39, 0.29) is 0 Å². The molecule has 8 aromatic rings. The van der Waals surface area contributed by atoms with Crippen LogP contribution in [0, 0.1) is 0 Å². The standard InChI is InChI=1S/C32H20N2O/c1-2-8-20(9-3-1)30-27-11-6-7-17-34(27)32-25-19-21(13-15-26(25)33-31(30)32)22-14-16-29-24(18-22)23-10-4-5-12-28(23)35-29/h1-19,33H. The molecule has 0 saturated carbocycles. The first-order valence-electron chi connectivity index (χ1n) is 11.9. The maximum Gasteiger partial charge on any atom is 0.135 e. The highest BCUT2D eigenvalue weighted by Crippen LogP contribution is 2.40. The summed E-state index contributed by atoms with van der Waals surface area (Å²) in [6.45, 7) is 0. The first-order valence-corrected chi connectivity index (χ1v) is 11.9. The maximum atomic E-state index is 6.04. The molecule has 0 saturated heterocycles. The van der Waals surface area contributed by atoms with Gasteiger partial charge >= 0.3 is 0 Å². The van der Waals surface area contributed by atoms with Gasteiger partial charge in [-0.1, -0.05) is 66.7 Å². The number of aromatic amines is 1. The molecule has 4 heterocycles. The molecule has 0 bridgehead atoms. The third-order valence-corrected chi connectivity index (χ3v) is 7.15.